The van der Waals surface area contributed by atoms with Crippen molar-refractivity contribution in [3.63, 3.8) is 0 Å². The van der Waals surface area contributed by atoms with Gasteiger partial charge in [-0.3, -0.25) is 0 Å². The van der Waals surface area contributed by atoms with Crippen LogP contribution in [0.1, 0.15) is 23.2 Å². The molecule has 0 saturated heterocycles. The van der Waals surface area contributed by atoms with Crippen LogP contribution in [0.25, 0.3) is 0 Å². The molecule has 0 unspecified atom stereocenters. The highest BCUT2D eigenvalue weighted by molar-refractivity contribution is 5.96. The number of alkyl halides is 3. The Morgan fingerprint density at radius 1 is 1.53 bits per heavy atom. The van der Waals surface area contributed by atoms with Gasteiger partial charge in [0.25, 0.3) is 0 Å². The van der Waals surface area contributed by atoms with Crippen molar-refractivity contribution in [1.82, 2.24) is 4.98 Å². The van der Waals surface area contributed by atoms with Gasteiger partial charge in [-0.2, -0.15) is 13.2 Å². The molecule has 1 saturated carbocycles. The zero-order valence-electron chi connectivity index (χ0n) is 9.81. The number of halogens is 3. The summed E-state index contributed by atoms with van der Waals surface area (Å²) in [6.07, 6.45) is -2.00. The Balaban J connectivity index is 2.37. The molecule has 0 radical (unpaired) electrons. The van der Waals surface area contributed by atoms with E-state index < -0.39 is 18.7 Å². The van der Waals surface area contributed by atoms with E-state index in [-0.39, 0.29) is 23.1 Å². The number of nitrogen functional groups attached to an aromatic ring is 1. The molecule has 3 N–H and O–H groups in total. The van der Waals surface area contributed by atoms with Crippen LogP contribution in [0, 0.1) is 0 Å². The number of carboxylic acids is 1. The van der Waals surface area contributed by atoms with E-state index in [1.807, 2.05) is 0 Å². The Hall–Kier alpha value is -1.99. The molecule has 0 aromatic carbocycles. The topological polar surface area (TPSA) is 79.5 Å². The van der Waals surface area contributed by atoms with Gasteiger partial charge < -0.3 is 15.7 Å². The van der Waals surface area contributed by atoms with Crippen molar-refractivity contribution in [3.05, 3.63) is 17.8 Å². The number of pyridine rings is 1. The van der Waals surface area contributed by atoms with Gasteiger partial charge in [0.1, 0.15) is 6.54 Å². The van der Waals surface area contributed by atoms with Gasteiger partial charge in [0.05, 0.1) is 11.3 Å². The molecule has 1 heterocycles. The Labute approximate surface area is 106 Å². The fourth-order valence-corrected chi connectivity index (χ4v) is 1.83. The fraction of sp³-hybridized carbons (Fsp3) is 0.455. The second kappa shape index (κ2) is 4.60. The van der Waals surface area contributed by atoms with Gasteiger partial charge in [-0.1, -0.05) is 0 Å². The summed E-state index contributed by atoms with van der Waals surface area (Å²) in [6, 6.07) is 0.889. The second-order valence-corrected chi connectivity index (χ2v) is 4.38. The first-order valence-corrected chi connectivity index (χ1v) is 5.61. The number of aromatic carboxylic acids is 1. The van der Waals surface area contributed by atoms with Crippen molar-refractivity contribution >= 4 is 17.5 Å². The minimum absolute atomic E-state index is 0.111. The molecule has 1 aliphatic carbocycles. The van der Waals surface area contributed by atoms with E-state index >= 15 is 0 Å². The minimum atomic E-state index is -4.39. The lowest BCUT2D eigenvalue weighted by molar-refractivity contribution is -0.120. The molecule has 0 bridgehead atoms. The van der Waals surface area contributed by atoms with Gasteiger partial charge >= 0.3 is 12.1 Å². The normalized spacial score (nSPS) is 15.3. The van der Waals surface area contributed by atoms with Crippen molar-refractivity contribution in [2.75, 3.05) is 17.2 Å². The minimum Gasteiger partial charge on any atom is -0.478 e. The van der Waals surface area contributed by atoms with Crippen LogP contribution in [-0.2, 0) is 0 Å². The standard InChI is InChI=1S/C11H12F3N3O2/c12-11(13,14)5-17(6-1-2-6)9-8(15)7(10(18)19)3-4-16-9/h3-4,6H,1-2,5,15H2,(H,18,19). The van der Waals surface area contributed by atoms with Crippen LogP contribution in [0.5, 0.6) is 0 Å². The Morgan fingerprint density at radius 2 is 2.16 bits per heavy atom. The molecular formula is C11H12F3N3O2. The summed E-state index contributed by atoms with van der Waals surface area (Å²) in [5.41, 5.74) is 5.15. The largest absolute Gasteiger partial charge is 0.478 e. The van der Waals surface area contributed by atoms with Crippen molar-refractivity contribution in [2.45, 2.75) is 25.1 Å². The molecule has 2 rings (SSSR count). The summed E-state index contributed by atoms with van der Waals surface area (Å²) in [7, 11) is 0. The molecule has 0 atom stereocenters. The van der Waals surface area contributed by atoms with Crippen molar-refractivity contribution in [3.8, 4) is 0 Å². The quantitative estimate of drug-likeness (QED) is 0.877. The Morgan fingerprint density at radius 3 is 2.63 bits per heavy atom. The lowest BCUT2D eigenvalue weighted by Gasteiger charge is -2.26. The number of nitrogens with zero attached hydrogens (tertiary/aromatic N) is 2. The summed E-state index contributed by atoms with van der Waals surface area (Å²) >= 11 is 0. The maximum atomic E-state index is 12.5. The molecule has 8 heteroatoms. The van der Waals surface area contributed by atoms with Gasteiger partial charge in [0.15, 0.2) is 5.82 Å². The predicted octanol–water partition coefficient (Wildman–Crippen LogP) is 1.89. The number of hydrogen-bond acceptors (Lipinski definition) is 4. The molecular weight excluding hydrogens is 263 g/mol. The highest BCUT2D eigenvalue weighted by atomic mass is 19.4. The first-order chi connectivity index (χ1) is 8.79. The molecule has 1 fully saturated rings. The third-order valence-corrected chi connectivity index (χ3v) is 2.81. The summed E-state index contributed by atoms with van der Waals surface area (Å²) in [5.74, 6) is -1.40. The fourth-order valence-electron chi connectivity index (χ4n) is 1.83. The van der Waals surface area contributed by atoms with Crippen LogP contribution in [0.15, 0.2) is 12.3 Å². The molecule has 19 heavy (non-hydrogen) atoms. The molecule has 0 spiro atoms. The van der Waals surface area contributed by atoms with E-state index in [0.717, 1.165) is 11.1 Å². The van der Waals surface area contributed by atoms with Crippen LogP contribution >= 0.6 is 0 Å². The number of aromatic nitrogens is 1. The average molecular weight is 275 g/mol. The summed E-state index contributed by atoms with van der Waals surface area (Å²) in [6.45, 7) is -1.18. The lowest BCUT2D eigenvalue weighted by Crippen LogP contribution is -2.37. The van der Waals surface area contributed by atoms with E-state index in [4.69, 9.17) is 10.8 Å². The summed E-state index contributed by atoms with van der Waals surface area (Å²) < 4.78 is 37.6. The van der Waals surface area contributed by atoms with Gasteiger partial charge in [-0.05, 0) is 18.9 Å². The zero-order valence-corrected chi connectivity index (χ0v) is 9.81. The van der Waals surface area contributed by atoms with E-state index in [9.17, 15) is 18.0 Å². The molecule has 1 aromatic heterocycles. The SMILES string of the molecule is Nc1c(C(=O)O)ccnc1N(CC(F)(F)F)C1CC1. The van der Waals surface area contributed by atoms with E-state index in [1.165, 1.54) is 6.07 Å². The van der Waals surface area contributed by atoms with Crippen LogP contribution in [0.2, 0.25) is 0 Å². The third-order valence-electron chi connectivity index (χ3n) is 2.81. The molecule has 0 aliphatic heterocycles. The van der Waals surface area contributed by atoms with Crippen molar-refractivity contribution < 1.29 is 23.1 Å². The van der Waals surface area contributed by atoms with Crippen LogP contribution in [-0.4, -0.2) is 34.8 Å². The first-order valence-electron chi connectivity index (χ1n) is 5.61. The number of anilines is 2. The number of nitrogens with two attached hydrogens (primary N) is 1. The molecule has 104 valence electrons. The first kappa shape index (κ1) is 13.4. The van der Waals surface area contributed by atoms with E-state index in [2.05, 4.69) is 4.98 Å². The molecule has 0 amide bonds. The Kier molecular flexibility index (Phi) is 3.25. The van der Waals surface area contributed by atoms with Gasteiger partial charge in [0, 0.05) is 12.2 Å². The van der Waals surface area contributed by atoms with E-state index in [0.29, 0.717) is 12.8 Å². The number of hydrogen-bond donors (Lipinski definition) is 2. The average Bonchev–Trinajstić information content (AvgIpc) is 3.08. The number of carbonyl (C=O) groups is 1. The Bertz CT molecular complexity index is 500. The van der Waals surface area contributed by atoms with E-state index in [1.54, 1.807) is 0 Å². The van der Waals surface area contributed by atoms with Gasteiger partial charge in [-0.15, -0.1) is 0 Å². The molecule has 5 nitrogen and oxygen atoms in total. The number of rotatable bonds is 4. The second-order valence-electron chi connectivity index (χ2n) is 4.38. The highest BCUT2D eigenvalue weighted by Crippen LogP contribution is 2.36. The number of carboxylic acid groups (broad SMARTS) is 1. The van der Waals surface area contributed by atoms with Crippen molar-refractivity contribution in [1.29, 1.82) is 0 Å². The smallest absolute Gasteiger partial charge is 0.405 e. The predicted molar refractivity (Wildman–Crippen MR) is 62.0 cm³/mol. The monoisotopic (exact) mass is 275 g/mol. The highest BCUT2D eigenvalue weighted by Gasteiger charge is 2.39. The maximum Gasteiger partial charge on any atom is 0.405 e. The molecule has 1 aromatic rings. The van der Waals surface area contributed by atoms with Crippen LogP contribution in [0.4, 0.5) is 24.7 Å². The third kappa shape index (κ3) is 3.07. The molecule has 1 aliphatic rings. The van der Waals surface area contributed by atoms with Crippen molar-refractivity contribution in [2.24, 2.45) is 0 Å². The van der Waals surface area contributed by atoms with Gasteiger partial charge in [-0.25, -0.2) is 9.78 Å². The lowest BCUT2D eigenvalue weighted by atomic mass is 10.2. The summed E-state index contributed by atoms with van der Waals surface area (Å²) in [5, 5.41) is 8.91. The van der Waals surface area contributed by atoms with Gasteiger partial charge in [0.2, 0.25) is 0 Å². The van der Waals surface area contributed by atoms with Crippen LogP contribution < -0.4 is 10.6 Å². The maximum absolute atomic E-state index is 12.5. The van der Waals surface area contributed by atoms with Crippen LogP contribution in [0.3, 0.4) is 0 Å². The zero-order chi connectivity index (χ0) is 14.2. The summed E-state index contributed by atoms with van der Waals surface area (Å²) in [4.78, 5) is 15.8.